The van der Waals surface area contributed by atoms with E-state index in [1.165, 1.54) is 0 Å². The van der Waals surface area contributed by atoms with E-state index < -0.39 is 24.8 Å². The molecule has 0 aliphatic heterocycles. The molecule has 0 saturated heterocycles. The molecule has 0 amide bonds. The highest BCUT2D eigenvalue weighted by Gasteiger charge is 2.28. The van der Waals surface area contributed by atoms with Crippen LogP contribution in [0.4, 0.5) is 13.2 Å². The third-order valence-electron chi connectivity index (χ3n) is 2.06. The summed E-state index contributed by atoms with van der Waals surface area (Å²) in [7, 11) is 0. The van der Waals surface area contributed by atoms with Gasteiger partial charge in [-0.2, -0.15) is 13.2 Å². The van der Waals surface area contributed by atoms with Crippen LogP contribution in [-0.2, 0) is 0 Å². The third kappa shape index (κ3) is 3.96. The first kappa shape index (κ1) is 13.2. The predicted molar refractivity (Wildman–Crippen MR) is 58.5 cm³/mol. The molecule has 88 valence electrons. The highest BCUT2D eigenvalue weighted by Crippen LogP contribution is 2.25. The second-order valence-corrected chi connectivity index (χ2v) is 4.38. The summed E-state index contributed by atoms with van der Waals surface area (Å²) in [6.45, 7) is 1.78. The fourth-order valence-electron chi connectivity index (χ4n) is 1.24. The Morgan fingerprint density at radius 3 is 2.56 bits per heavy atom. The molecule has 0 aliphatic carbocycles. The van der Waals surface area contributed by atoms with Gasteiger partial charge in [-0.3, -0.25) is 4.79 Å². The SMILES string of the molecule is Cc1ccc(Br)c(C(=O)CCC(F)(F)F)c1. The minimum absolute atomic E-state index is 0.309. The molecular formula is C11H10BrF3O. The van der Waals surface area contributed by atoms with Crippen molar-refractivity contribution in [3.05, 3.63) is 33.8 Å². The van der Waals surface area contributed by atoms with E-state index in [1.807, 2.05) is 0 Å². The average molecular weight is 295 g/mol. The van der Waals surface area contributed by atoms with Crippen LogP contribution >= 0.6 is 15.9 Å². The van der Waals surface area contributed by atoms with Crippen LogP contribution in [-0.4, -0.2) is 12.0 Å². The monoisotopic (exact) mass is 294 g/mol. The molecule has 1 rings (SSSR count). The van der Waals surface area contributed by atoms with Crippen LogP contribution in [0.1, 0.15) is 28.8 Å². The number of ketones is 1. The van der Waals surface area contributed by atoms with Gasteiger partial charge in [0.05, 0.1) is 6.42 Å². The first-order valence-electron chi connectivity index (χ1n) is 4.66. The van der Waals surface area contributed by atoms with E-state index in [9.17, 15) is 18.0 Å². The Balaban J connectivity index is 2.77. The smallest absolute Gasteiger partial charge is 0.294 e. The molecule has 1 aromatic carbocycles. The van der Waals surface area contributed by atoms with Gasteiger partial charge in [-0.1, -0.05) is 27.6 Å². The van der Waals surface area contributed by atoms with Crippen LogP contribution in [0.25, 0.3) is 0 Å². The van der Waals surface area contributed by atoms with Crippen molar-refractivity contribution in [3.8, 4) is 0 Å². The highest BCUT2D eigenvalue weighted by atomic mass is 79.9. The normalized spacial score (nSPS) is 11.6. The molecule has 0 fully saturated rings. The van der Waals surface area contributed by atoms with Crippen LogP contribution in [0.3, 0.4) is 0 Å². The average Bonchev–Trinajstić information content (AvgIpc) is 2.17. The van der Waals surface area contributed by atoms with Gasteiger partial charge >= 0.3 is 6.18 Å². The van der Waals surface area contributed by atoms with Crippen molar-refractivity contribution in [2.45, 2.75) is 25.9 Å². The van der Waals surface area contributed by atoms with Crippen molar-refractivity contribution < 1.29 is 18.0 Å². The maximum Gasteiger partial charge on any atom is 0.389 e. The lowest BCUT2D eigenvalue weighted by atomic mass is 10.0. The van der Waals surface area contributed by atoms with Crippen LogP contribution in [0.5, 0.6) is 0 Å². The predicted octanol–water partition coefficient (Wildman–Crippen LogP) is 4.28. The Bertz CT molecular complexity index is 399. The first-order valence-corrected chi connectivity index (χ1v) is 5.45. The molecule has 0 aromatic heterocycles. The standard InChI is InChI=1S/C11H10BrF3O/c1-7-2-3-9(12)8(6-7)10(16)4-5-11(13,14)15/h2-3,6H,4-5H2,1H3. The molecule has 0 radical (unpaired) electrons. The third-order valence-corrected chi connectivity index (χ3v) is 2.75. The van der Waals surface area contributed by atoms with Gasteiger partial charge in [-0.05, 0) is 19.1 Å². The zero-order chi connectivity index (χ0) is 12.3. The fourth-order valence-corrected chi connectivity index (χ4v) is 1.71. The minimum atomic E-state index is -4.29. The quantitative estimate of drug-likeness (QED) is 0.761. The molecule has 0 unspecified atom stereocenters. The van der Waals surface area contributed by atoms with Gasteiger partial charge in [-0.15, -0.1) is 0 Å². The van der Waals surface area contributed by atoms with Crippen molar-refractivity contribution in [2.24, 2.45) is 0 Å². The van der Waals surface area contributed by atoms with Crippen molar-refractivity contribution in [1.82, 2.24) is 0 Å². The van der Waals surface area contributed by atoms with E-state index in [1.54, 1.807) is 25.1 Å². The summed E-state index contributed by atoms with van der Waals surface area (Å²) in [4.78, 5) is 11.5. The van der Waals surface area contributed by atoms with Gasteiger partial charge in [0.1, 0.15) is 0 Å². The first-order chi connectivity index (χ1) is 7.29. The number of carbonyl (C=O) groups is 1. The molecule has 0 bridgehead atoms. The largest absolute Gasteiger partial charge is 0.389 e. The number of hydrogen-bond donors (Lipinski definition) is 0. The number of hydrogen-bond acceptors (Lipinski definition) is 1. The number of alkyl halides is 3. The molecule has 5 heteroatoms. The molecule has 1 aromatic rings. The van der Waals surface area contributed by atoms with Gasteiger partial charge in [0, 0.05) is 16.5 Å². The van der Waals surface area contributed by atoms with Crippen molar-refractivity contribution in [3.63, 3.8) is 0 Å². The molecule has 0 heterocycles. The van der Waals surface area contributed by atoms with Gasteiger partial charge in [-0.25, -0.2) is 0 Å². The van der Waals surface area contributed by atoms with Crippen LogP contribution in [0, 0.1) is 6.92 Å². The Morgan fingerprint density at radius 1 is 1.38 bits per heavy atom. The van der Waals surface area contributed by atoms with Gasteiger partial charge in [0.2, 0.25) is 0 Å². The Kier molecular flexibility index (Phi) is 4.13. The zero-order valence-corrected chi connectivity index (χ0v) is 10.2. The topological polar surface area (TPSA) is 17.1 Å². The highest BCUT2D eigenvalue weighted by molar-refractivity contribution is 9.10. The number of aryl methyl sites for hydroxylation is 1. The fraction of sp³-hybridized carbons (Fsp3) is 0.364. The maximum atomic E-state index is 11.9. The van der Waals surface area contributed by atoms with E-state index in [4.69, 9.17) is 0 Å². The lowest BCUT2D eigenvalue weighted by Crippen LogP contribution is -2.11. The Hall–Kier alpha value is -0.840. The Morgan fingerprint density at radius 2 is 2.00 bits per heavy atom. The lowest BCUT2D eigenvalue weighted by molar-refractivity contribution is -0.133. The summed E-state index contributed by atoms with van der Waals surface area (Å²) in [6, 6.07) is 5.03. The van der Waals surface area contributed by atoms with Crippen molar-refractivity contribution in [1.29, 1.82) is 0 Å². The number of halogens is 4. The van der Waals surface area contributed by atoms with Crippen LogP contribution in [0.2, 0.25) is 0 Å². The maximum absolute atomic E-state index is 11.9. The van der Waals surface area contributed by atoms with E-state index >= 15 is 0 Å². The molecule has 16 heavy (non-hydrogen) atoms. The van der Waals surface area contributed by atoms with E-state index in [2.05, 4.69) is 15.9 Å². The van der Waals surface area contributed by atoms with E-state index in [-0.39, 0.29) is 0 Å². The summed E-state index contributed by atoms with van der Waals surface area (Å²) < 4.78 is 36.4. The molecule has 0 N–H and O–H groups in total. The second kappa shape index (κ2) is 4.99. The zero-order valence-electron chi connectivity index (χ0n) is 8.57. The molecule has 0 saturated carbocycles. The Labute approximate surface area is 99.8 Å². The minimum Gasteiger partial charge on any atom is -0.294 e. The van der Waals surface area contributed by atoms with Crippen molar-refractivity contribution >= 4 is 21.7 Å². The molecule has 0 aliphatic rings. The van der Waals surface area contributed by atoms with Crippen LogP contribution < -0.4 is 0 Å². The number of Topliss-reactive ketones (excluding diaryl/α,β-unsaturated/α-hetero) is 1. The summed E-state index contributed by atoms with van der Waals surface area (Å²) in [5.74, 6) is -0.493. The summed E-state index contributed by atoms with van der Waals surface area (Å²) in [6.07, 6.45) is -5.87. The summed E-state index contributed by atoms with van der Waals surface area (Å²) in [5.41, 5.74) is 1.16. The number of rotatable bonds is 3. The number of benzene rings is 1. The lowest BCUT2D eigenvalue weighted by Gasteiger charge is -2.07. The second-order valence-electron chi connectivity index (χ2n) is 3.52. The van der Waals surface area contributed by atoms with Crippen molar-refractivity contribution in [2.75, 3.05) is 0 Å². The van der Waals surface area contributed by atoms with Gasteiger partial charge in [0.25, 0.3) is 0 Å². The van der Waals surface area contributed by atoms with E-state index in [0.29, 0.717) is 10.0 Å². The summed E-state index contributed by atoms with van der Waals surface area (Å²) in [5, 5.41) is 0. The van der Waals surface area contributed by atoms with Crippen LogP contribution in [0.15, 0.2) is 22.7 Å². The molecule has 1 nitrogen and oxygen atoms in total. The van der Waals surface area contributed by atoms with E-state index in [0.717, 1.165) is 5.56 Å². The number of carbonyl (C=O) groups excluding carboxylic acids is 1. The molecular weight excluding hydrogens is 285 g/mol. The van der Waals surface area contributed by atoms with Gasteiger partial charge in [0.15, 0.2) is 5.78 Å². The van der Waals surface area contributed by atoms with Gasteiger partial charge < -0.3 is 0 Å². The summed E-state index contributed by atoms with van der Waals surface area (Å²) >= 11 is 3.15. The molecule has 0 atom stereocenters. The molecule has 0 spiro atoms.